The second kappa shape index (κ2) is 5.44. The molecule has 0 saturated carbocycles. The summed E-state index contributed by atoms with van der Waals surface area (Å²) in [6.45, 7) is 2.03. The maximum Gasteiger partial charge on any atom is 0.382 e. The minimum Gasteiger partial charge on any atom is -0.268 e. The lowest BCUT2D eigenvalue weighted by atomic mass is 10.1. The minimum absolute atomic E-state index is 0.0419. The predicted octanol–water partition coefficient (Wildman–Crippen LogP) is 3.61. The number of hydrogen-bond acceptors (Lipinski definition) is 3. The largest absolute Gasteiger partial charge is 0.382 e. The summed E-state index contributed by atoms with van der Waals surface area (Å²) in [5.74, 6) is 0.618. The van der Waals surface area contributed by atoms with Crippen molar-refractivity contribution < 1.29 is 9.78 Å². The van der Waals surface area contributed by atoms with Gasteiger partial charge >= 0.3 is 5.13 Å². The Morgan fingerprint density at radius 3 is 2.48 bits per heavy atom. The molecule has 0 bridgehead atoms. The highest BCUT2D eigenvalue weighted by molar-refractivity contribution is 7.12. The number of aliphatic imine (C=N–C) groups is 1. The van der Waals surface area contributed by atoms with Crippen LogP contribution in [0.1, 0.15) is 21.5 Å². The van der Waals surface area contributed by atoms with Gasteiger partial charge in [-0.2, -0.15) is 0 Å². The number of carbonyl (C=O) groups is 1. The van der Waals surface area contributed by atoms with Gasteiger partial charge in [-0.3, -0.25) is 4.79 Å². The Bertz CT molecular complexity index is 898. The van der Waals surface area contributed by atoms with E-state index in [2.05, 4.69) is 9.98 Å². The Hall–Kier alpha value is -2.79. The van der Waals surface area contributed by atoms with Crippen LogP contribution in [-0.4, -0.2) is 11.7 Å². The summed E-state index contributed by atoms with van der Waals surface area (Å²) in [6.07, 6.45) is 1.84. The van der Waals surface area contributed by atoms with Crippen molar-refractivity contribution in [2.75, 3.05) is 4.90 Å². The average Bonchev–Trinajstić information content (AvgIpc) is 3.17. The molecule has 0 saturated heterocycles. The molecule has 1 amide bonds. The molecule has 1 N–H and O–H groups in total. The van der Waals surface area contributed by atoms with Gasteiger partial charge < -0.3 is 0 Å². The highest BCUT2D eigenvalue weighted by Gasteiger charge is 2.38. The van der Waals surface area contributed by atoms with Crippen LogP contribution >= 0.6 is 11.3 Å². The van der Waals surface area contributed by atoms with Gasteiger partial charge in [-0.05, 0) is 36.2 Å². The minimum atomic E-state index is -0.0419. The number of nitrogens with one attached hydrogen (secondary N) is 1. The van der Waals surface area contributed by atoms with Crippen molar-refractivity contribution in [2.24, 2.45) is 4.99 Å². The molecule has 0 spiro atoms. The van der Waals surface area contributed by atoms with Crippen molar-refractivity contribution in [1.29, 1.82) is 0 Å². The van der Waals surface area contributed by atoms with E-state index in [9.17, 15) is 4.79 Å². The van der Waals surface area contributed by atoms with Gasteiger partial charge in [0.25, 0.3) is 11.7 Å². The van der Waals surface area contributed by atoms with E-state index in [1.807, 2.05) is 67.0 Å². The van der Waals surface area contributed by atoms with Crippen molar-refractivity contribution in [3.8, 4) is 0 Å². The number of rotatable bonds is 2. The van der Waals surface area contributed by atoms with E-state index in [0.29, 0.717) is 11.4 Å². The lowest BCUT2D eigenvalue weighted by Gasteiger charge is -2.14. The number of carbonyl (C=O) groups excluding carboxylic acids is 1. The van der Waals surface area contributed by atoms with Gasteiger partial charge in [0, 0.05) is 5.38 Å². The molecular formula is C18H14N3OS+. The first kappa shape index (κ1) is 13.8. The summed E-state index contributed by atoms with van der Waals surface area (Å²) in [5, 5.41) is 2.69. The second-order valence-corrected chi connectivity index (χ2v) is 6.22. The lowest BCUT2D eigenvalue weighted by molar-refractivity contribution is -0.356. The first-order chi connectivity index (χ1) is 11.2. The normalized spacial score (nSPS) is 15.3. The van der Waals surface area contributed by atoms with Crippen LogP contribution in [0.25, 0.3) is 0 Å². The Labute approximate surface area is 137 Å². The molecule has 0 atom stereocenters. The third kappa shape index (κ3) is 2.35. The molecule has 0 radical (unpaired) electrons. The SMILES string of the molecule is Cc1ccc(N2C(=O)c3ccccc3C2=Nc2[nH+]ccs2)cc1. The van der Waals surface area contributed by atoms with Gasteiger partial charge in [0.05, 0.1) is 23.0 Å². The molecule has 0 aliphatic carbocycles. The van der Waals surface area contributed by atoms with E-state index in [4.69, 9.17) is 0 Å². The van der Waals surface area contributed by atoms with E-state index >= 15 is 0 Å². The number of nitrogens with zero attached hydrogens (tertiary/aromatic N) is 2. The Morgan fingerprint density at radius 2 is 1.78 bits per heavy atom. The fraction of sp³-hybridized carbons (Fsp3) is 0.0556. The van der Waals surface area contributed by atoms with Crippen LogP contribution in [0.5, 0.6) is 0 Å². The third-order valence-electron chi connectivity index (χ3n) is 3.77. The van der Waals surface area contributed by atoms with Crippen LogP contribution in [0, 0.1) is 6.92 Å². The zero-order valence-corrected chi connectivity index (χ0v) is 13.3. The van der Waals surface area contributed by atoms with Gasteiger partial charge in [-0.25, -0.2) is 9.88 Å². The molecule has 1 aliphatic heterocycles. The fourth-order valence-corrected chi connectivity index (χ4v) is 3.18. The van der Waals surface area contributed by atoms with Gasteiger partial charge in [-0.15, -0.1) is 0 Å². The van der Waals surface area contributed by atoms with Crippen LogP contribution in [0.2, 0.25) is 0 Å². The number of aromatic amines is 1. The topological polar surface area (TPSA) is 46.8 Å². The molecule has 4 nitrogen and oxygen atoms in total. The molecule has 4 rings (SSSR count). The molecular weight excluding hydrogens is 306 g/mol. The van der Waals surface area contributed by atoms with E-state index in [1.54, 1.807) is 4.90 Å². The maximum atomic E-state index is 12.9. The number of benzene rings is 2. The number of anilines is 1. The van der Waals surface area contributed by atoms with Gasteiger partial charge in [0.1, 0.15) is 0 Å². The average molecular weight is 320 g/mol. The van der Waals surface area contributed by atoms with Crippen molar-refractivity contribution in [3.05, 3.63) is 76.8 Å². The second-order valence-electron chi connectivity index (χ2n) is 5.33. The molecule has 23 heavy (non-hydrogen) atoms. The van der Waals surface area contributed by atoms with Crippen molar-refractivity contribution in [1.82, 2.24) is 0 Å². The summed E-state index contributed by atoms with van der Waals surface area (Å²) in [7, 11) is 0. The van der Waals surface area contributed by atoms with Crippen LogP contribution < -0.4 is 9.88 Å². The number of thiazole rings is 1. The highest BCUT2D eigenvalue weighted by atomic mass is 32.1. The number of hydrogen-bond donors (Lipinski definition) is 0. The summed E-state index contributed by atoms with van der Waals surface area (Å²) >= 11 is 1.50. The Balaban J connectivity index is 1.90. The van der Waals surface area contributed by atoms with Gasteiger partial charge in [0.15, 0.2) is 0 Å². The standard InChI is InChI=1S/C18H13N3OS/c1-12-6-8-13(9-7-12)21-16(20-18-19-10-11-23-18)14-4-2-3-5-15(14)17(21)22/h2-11H,1H3/p+1. The Kier molecular flexibility index (Phi) is 3.28. The summed E-state index contributed by atoms with van der Waals surface area (Å²) in [4.78, 5) is 22.3. The molecule has 3 aromatic rings. The summed E-state index contributed by atoms with van der Waals surface area (Å²) in [6, 6.07) is 15.5. The quantitative estimate of drug-likeness (QED) is 0.711. The van der Waals surface area contributed by atoms with Crippen molar-refractivity contribution >= 4 is 33.9 Å². The molecule has 0 fully saturated rings. The van der Waals surface area contributed by atoms with Gasteiger partial charge in [0.2, 0.25) is 0 Å². The van der Waals surface area contributed by atoms with Crippen molar-refractivity contribution in [2.45, 2.75) is 6.92 Å². The van der Waals surface area contributed by atoms with E-state index in [-0.39, 0.29) is 5.91 Å². The zero-order valence-electron chi connectivity index (χ0n) is 12.5. The molecule has 112 valence electrons. The smallest absolute Gasteiger partial charge is 0.268 e. The van der Waals surface area contributed by atoms with Crippen LogP contribution in [0.15, 0.2) is 65.1 Å². The molecule has 1 aromatic heterocycles. The van der Waals surface area contributed by atoms with Crippen LogP contribution in [-0.2, 0) is 0 Å². The molecule has 5 heteroatoms. The first-order valence-corrected chi connectivity index (χ1v) is 8.16. The Morgan fingerprint density at radius 1 is 1.04 bits per heavy atom. The van der Waals surface area contributed by atoms with E-state index in [0.717, 1.165) is 21.9 Å². The van der Waals surface area contributed by atoms with Gasteiger partial charge in [-0.1, -0.05) is 41.2 Å². The van der Waals surface area contributed by atoms with Crippen LogP contribution in [0.3, 0.4) is 0 Å². The first-order valence-electron chi connectivity index (χ1n) is 7.28. The molecule has 2 aromatic carbocycles. The third-order valence-corrected chi connectivity index (χ3v) is 4.47. The number of fused-ring (bicyclic) bond motifs is 1. The molecule has 2 heterocycles. The number of aromatic nitrogens is 1. The van der Waals surface area contributed by atoms with E-state index in [1.165, 1.54) is 11.3 Å². The summed E-state index contributed by atoms with van der Waals surface area (Å²) in [5.41, 5.74) is 3.53. The fourth-order valence-electron chi connectivity index (χ4n) is 2.64. The van der Waals surface area contributed by atoms with Crippen molar-refractivity contribution in [3.63, 3.8) is 0 Å². The highest BCUT2D eigenvalue weighted by Crippen LogP contribution is 2.30. The maximum absolute atomic E-state index is 12.9. The molecule has 0 unspecified atom stereocenters. The van der Waals surface area contributed by atoms with Crippen LogP contribution in [0.4, 0.5) is 10.8 Å². The lowest BCUT2D eigenvalue weighted by Crippen LogP contribution is -2.30. The van der Waals surface area contributed by atoms with E-state index < -0.39 is 0 Å². The number of amides is 1. The zero-order chi connectivity index (χ0) is 15.8. The number of H-pyrrole nitrogens is 1. The molecule has 1 aliphatic rings. The monoisotopic (exact) mass is 320 g/mol. The number of amidine groups is 1. The number of aryl methyl sites for hydroxylation is 1. The summed E-state index contributed by atoms with van der Waals surface area (Å²) < 4.78 is 0. The predicted molar refractivity (Wildman–Crippen MR) is 91.5 cm³/mol.